The van der Waals surface area contributed by atoms with Gasteiger partial charge in [0.05, 0.1) is 0 Å². The number of fused-ring (bicyclic) bond motifs is 1. The van der Waals surface area contributed by atoms with Gasteiger partial charge >= 0.3 is 5.97 Å². The van der Waals surface area contributed by atoms with Gasteiger partial charge in [0, 0.05) is 31.8 Å². The van der Waals surface area contributed by atoms with E-state index in [0.717, 1.165) is 33.7 Å². The lowest BCUT2D eigenvalue weighted by Gasteiger charge is -2.31. The predicted molar refractivity (Wildman–Crippen MR) is 127 cm³/mol. The average molecular weight is 439 g/mol. The van der Waals surface area contributed by atoms with E-state index in [1.165, 1.54) is 0 Å². The number of hydrogen-bond acceptors (Lipinski definition) is 4. The molecule has 31 heavy (non-hydrogen) atoms. The zero-order valence-corrected chi connectivity index (χ0v) is 18.5. The van der Waals surface area contributed by atoms with Gasteiger partial charge in [0.1, 0.15) is 17.0 Å². The van der Waals surface area contributed by atoms with Gasteiger partial charge in [0.2, 0.25) is 0 Å². The lowest BCUT2D eigenvalue weighted by atomic mass is 9.78. The van der Waals surface area contributed by atoms with Crippen LogP contribution >= 0.6 is 12.4 Å². The van der Waals surface area contributed by atoms with Crippen LogP contribution in [0.1, 0.15) is 17.5 Å². The topological polar surface area (TPSA) is 75.8 Å². The standard InChI is InChI=1S/C25H26N2O3.ClH/c1-27(2)20-7-5-6-18(14-20)22-8-3-4-9-23(22)30-21-11-10-17-12-13-25(26,24(28)29)16-19(17)15-21;/h3-11,14-15H,12-13,16,26H2,1-2H3,(H,28,29);1H. The Morgan fingerprint density at radius 3 is 2.55 bits per heavy atom. The molecule has 0 heterocycles. The molecule has 0 spiro atoms. The van der Waals surface area contributed by atoms with E-state index in [1.807, 2.05) is 62.6 Å². The molecule has 0 radical (unpaired) electrons. The monoisotopic (exact) mass is 438 g/mol. The number of halogens is 1. The molecular formula is C25H27ClN2O3. The number of carboxylic acids is 1. The Kier molecular flexibility index (Phi) is 6.58. The van der Waals surface area contributed by atoms with Crippen molar-refractivity contribution in [3.63, 3.8) is 0 Å². The summed E-state index contributed by atoms with van der Waals surface area (Å²) in [5.74, 6) is 0.478. The fourth-order valence-electron chi connectivity index (χ4n) is 3.92. The van der Waals surface area contributed by atoms with Crippen molar-refractivity contribution in [3.8, 4) is 22.6 Å². The van der Waals surface area contributed by atoms with Crippen LogP contribution in [-0.4, -0.2) is 30.7 Å². The highest BCUT2D eigenvalue weighted by atomic mass is 35.5. The smallest absolute Gasteiger partial charge is 0.324 e. The average Bonchev–Trinajstić information content (AvgIpc) is 2.74. The molecular weight excluding hydrogens is 412 g/mol. The molecule has 0 aromatic heterocycles. The van der Waals surface area contributed by atoms with Crippen LogP contribution in [0.2, 0.25) is 0 Å². The molecule has 0 fully saturated rings. The van der Waals surface area contributed by atoms with Gasteiger partial charge in [-0.15, -0.1) is 12.4 Å². The third kappa shape index (κ3) is 4.68. The molecule has 5 nitrogen and oxygen atoms in total. The van der Waals surface area contributed by atoms with E-state index in [2.05, 4.69) is 23.1 Å². The first kappa shape index (κ1) is 22.7. The summed E-state index contributed by atoms with van der Waals surface area (Å²) in [5, 5.41) is 9.49. The van der Waals surface area contributed by atoms with Crippen molar-refractivity contribution in [3.05, 3.63) is 77.9 Å². The van der Waals surface area contributed by atoms with Crippen LogP contribution in [0, 0.1) is 0 Å². The first-order chi connectivity index (χ1) is 14.4. The number of carbonyl (C=O) groups is 1. The largest absolute Gasteiger partial charge is 0.480 e. The Morgan fingerprint density at radius 2 is 1.81 bits per heavy atom. The Bertz CT molecular complexity index is 1100. The van der Waals surface area contributed by atoms with Gasteiger partial charge in [0.25, 0.3) is 0 Å². The second-order valence-electron chi connectivity index (χ2n) is 8.11. The molecule has 1 atom stereocenters. The number of carboxylic acid groups (broad SMARTS) is 1. The van der Waals surface area contributed by atoms with Crippen LogP contribution in [0.15, 0.2) is 66.7 Å². The van der Waals surface area contributed by atoms with Crippen LogP contribution in [0.3, 0.4) is 0 Å². The first-order valence-corrected chi connectivity index (χ1v) is 10.0. The van der Waals surface area contributed by atoms with Crippen LogP contribution in [-0.2, 0) is 17.6 Å². The summed E-state index contributed by atoms with van der Waals surface area (Å²) < 4.78 is 6.26. The number of hydrogen-bond donors (Lipinski definition) is 2. The van der Waals surface area contributed by atoms with E-state index >= 15 is 0 Å². The van der Waals surface area contributed by atoms with Crippen LogP contribution in [0.5, 0.6) is 11.5 Å². The van der Waals surface area contributed by atoms with E-state index in [0.29, 0.717) is 25.0 Å². The number of anilines is 1. The van der Waals surface area contributed by atoms with Crippen molar-refractivity contribution in [1.29, 1.82) is 0 Å². The summed E-state index contributed by atoms with van der Waals surface area (Å²) in [7, 11) is 4.03. The van der Waals surface area contributed by atoms with Gasteiger partial charge in [-0.05, 0) is 59.9 Å². The van der Waals surface area contributed by atoms with Crippen molar-refractivity contribution in [2.45, 2.75) is 24.8 Å². The fraction of sp³-hybridized carbons (Fsp3) is 0.240. The zero-order chi connectivity index (χ0) is 21.3. The van der Waals surface area contributed by atoms with E-state index in [-0.39, 0.29) is 12.4 Å². The minimum absolute atomic E-state index is 0. The second-order valence-corrected chi connectivity index (χ2v) is 8.11. The third-order valence-corrected chi connectivity index (χ3v) is 5.74. The summed E-state index contributed by atoms with van der Waals surface area (Å²) in [6.45, 7) is 0. The summed E-state index contributed by atoms with van der Waals surface area (Å²) in [5.41, 5.74) is 10.2. The maximum atomic E-state index is 11.6. The molecule has 0 amide bonds. The second kappa shape index (κ2) is 9.00. The maximum absolute atomic E-state index is 11.6. The number of nitrogens with zero attached hydrogens (tertiary/aromatic N) is 1. The summed E-state index contributed by atoms with van der Waals surface area (Å²) in [4.78, 5) is 13.6. The highest BCUT2D eigenvalue weighted by Gasteiger charge is 2.37. The molecule has 3 aromatic carbocycles. The van der Waals surface area contributed by atoms with Gasteiger partial charge in [-0.25, -0.2) is 0 Å². The van der Waals surface area contributed by atoms with Gasteiger partial charge < -0.3 is 20.5 Å². The van der Waals surface area contributed by atoms with Gasteiger partial charge in [0.15, 0.2) is 0 Å². The quantitative estimate of drug-likeness (QED) is 0.592. The molecule has 0 saturated heterocycles. The molecule has 4 rings (SSSR count). The lowest BCUT2D eigenvalue weighted by Crippen LogP contribution is -2.52. The molecule has 1 aliphatic carbocycles. The van der Waals surface area contributed by atoms with Crippen LogP contribution < -0.4 is 15.4 Å². The molecule has 1 unspecified atom stereocenters. The van der Waals surface area contributed by atoms with Crippen molar-refractivity contribution in [1.82, 2.24) is 0 Å². The first-order valence-electron chi connectivity index (χ1n) is 10.0. The third-order valence-electron chi connectivity index (χ3n) is 5.74. The highest BCUT2D eigenvalue weighted by molar-refractivity contribution is 5.85. The number of benzene rings is 3. The van der Waals surface area contributed by atoms with E-state index in [9.17, 15) is 9.90 Å². The van der Waals surface area contributed by atoms with Crippen molar-refractivity contribution >= 4 is 24.1 Å². The Morgan fingerprint density at radius 1 is 1.03 bits per heavy atom. The summed E-state index contributed by atoms with van der Waals surface area (Å²) >= 11 is 0. The Balaban J connectivity index is 0.00000272. The van der Waals surface area contributed by atoms with Gasteiger partial charge in [-0.2, -0.15) is 0 Å². The molecule has 0 saturated carbocycles. The number of para-hydroxylation sites is 1. The molecule has 3 N–H and O–H groups in total. The highest BCUT2D eigenvalue weighted by Crippen LogP contribution is 2.36. The SMILES string of the molecule is CN(C)c1cccc(-c2ccccc2Oc2ccc3c(c2)CC(N)(C(=O)O)CC3)c1.Cl. The summed E-state index contributed by atoms with van der Waals surface area (Å²) in [6, 6.07) is 22.1. The van der Waals surface area contributed by atoms with Gasteiger partial charge in [-0.1, -0.05) is 36.4 Å². The lowest BCUT2D eigenvalue weighted by molar-refractivity contribution is -0.143. The number of aryl methyl sites for hydroxylation is 1. The van der Waals surface area contributed by atoms with Gasteiger partial charge in [-0.3, -0.25) is 4.79 Å². The molecule has 0 bridgehead atoms. The minimum atomic E-state index is -1.21. The molecule has 1 aliphatic rings. The number of nitrogens with two attached hydrogens (primary N) is 1. The zero-order valence-electron chi connectivity index (χ0n) is 17.7. The molecule has 162 valence electrons. The molecule has 3 aromatic rings. The summed E-state index contributed by atoms with van der Waals surface area (Å²) in [6.07, 6.45) is 1.41. The Hall–Kier alpha value is -3.02. The number of ether oxygens (including phenoxy) is 1. The van der Waals surface area contributed by atoms with E-state index < -0.39 is 11.5 Å². The van der Waals surface area contributed by atoms with Crippen molar-refractivity contribution < 1.29 is 14.6 Å². The maximum Gasteiger partial charge on any atom is 0.324 e. The van der Waals surface area contributed by atoms with Crippen LogP contribution in [0.25, 0.3) is 11.1 Å². The van der Waals surface area contributed by atoms with Crippen molar-refractivity contribution in [2.75, 3.05) is 19.0 Å². The predicted octanol–water partition coefficient (Wildman–Crippen LogP) is 4.90. The molecule has 6 heteroatoms. The fourth-order valence-corrected chi connectivity index (χ4v) is 3.92. The van der Waals surface area contributed by atoms with Crippen molar-refractivity contribution in [2.24, 2.45) is 5.73 Å². The normalized spacial score (nSPS) is 17.3. The minimum Gasteiger partial charge on any atom is -0.480 e. The van der Waals surface area contributed by atoms with E-state index in [1.54, 1.807) is 0 Å². The van der Waals surface area contributed by atoms with E-state index in [4.69, 9.17) is 10.5 Å². The number of rotatable bonds is 5. The van der Waals surface area contributed by atoms with Crippen LogP contribution in [0.4, 0.5) is 5.69 Å². The molecule has 0 aliphatic heterocycles. The Labute approximate surface area is 188 Å². The number of aliphatic carboxylic acids is 1.